The third-order valence-electron chi connectivity index (χ3n) is 3.89. The van der Waals surface area contributed by atoms with Gasteiger partial charge in [-0.05, 0) is 49.2 Å². The van der Waals surface area contributed by atoms with E-state index in [0.29, 0.717) is 0 Å². The molecule has 0 spiro atoms. The molecular weight excluding hydrogens is 436 g/mol. The van der Waals surface area contributed by atoms with Gasteiger partial charge in [-0.3, -0.25) is 0 Å². The predicted molar refractivity (Wildman–Crippen MR) is 113 cm³/mol. The smallest absolute Gasteiger partial charge is 0.206 e. The van der Waals surface area contributed by atoms with Gasteiger partial charge in [0.25, 0.3) is 0 Å². The van der Waals surface area contributed by atoms with Crippen molar-refractivity contribution in [2.45, 2.75) is 35.4 Å². The first-order valence-electron chi connectivity index (χ1n) is 8.36. The number of hydrogen-bond acceptors (Lipinski definition) is 6. The highest BCUT2D eigenvalue weighted by Crippen LogP contribution is 2.22. The van der Waals surface area contributed by atoms with Crippen LogP contribution in [0.2, 0.25) is 0 Å². The predicted octanol–water partition coefficient (Wildman–Crippen LogP) is 3.38. The summed E-state index contributed by atoms with van der Waals surface area (Å²) in [6.45, 7) is 3.96. The molecule has 0 radical (unpaired) electrons. The highest BCUT2D eigenvalue weighted by Gasteiger charge is 2.17. The van der Waals surface area contributed by atoms with Gasteiger partial charge in [0.2, 0.25) is 20.0 Å². The molecule has 0 bridgehead atoms. The van der Waals surface area contributed by atoms with Crippen molar-refractivity contribution in [2.24, 2.45) is 0 Å². The molecule has 0 aliphatic heterocycles. The summed E-state index contributed by atoms with van der Waals surface area (Å²) >= 11 is 2.43. The van der Waals surface area contributed by atoms with Gasteiger partial charge >= 0.3 is 0 Å². The first-order chi connectivity index (χ1) is 13.2. The Morgan fingerprint density at radius 2 is 1.14 bits per heavy atom. The van der Waals surface area contributed by atoms with Gasteiger partial charge in [-0.2, -0.15) is 0 Å². The van der Waals surface area contributed by atoms with Crippen molar-refractivity contribution in [2.75, 3.05) is 0 Å². The Bertz CT molecular complexity index is 1090. The normalized spacial score (nSPS) is 12.4. The zero-order chi connectivity index (χ0) is 20.4. The van der Waals surface area contributed by atoms with Crippen LogP contribution >= 0.6 is 22.7 Å². The number of thiophene rings is 2. The largest absolute Gasteiger partial charge is 0.250 e. The summed E-state index contributed by atoms with van der Waals surface area (Å²) in [5.74, 6) is 0. The van der Waals surface area contributed by atoms with E-state index in [1.165, 1.54) is 22.7 Å². The molecule has 0 fully saturated rings. The molecule has 2 N–H and O–H groups in total. The van der Waals surface area contributed by atoms with E-state index in [1.807, 2.05) is 13.8 Å². The van der Waals surface area contributed by atoms with Gasteiger partial charge < -0.3 is 0 Å². The molecule has 1 aromatic carbocycles. The number of sulfonamides is 2. The number of hydrogen-bond donors (Lipinski definition) is 2. The highest BCUT2D eigenvalue weighted by molar-refractivity contribution is 7.91. The van der Waals surface area contributed by atoms with Gasteiger partial charge in [0.05, 0.1) is 0 Å². The SMILES string of the molecule is Cc1ccc(S(=O)(=O)NCc2cccc(CNS(=O)(=O)c3ccc(C)s3)c2)s1. The van der Waals surface area contributed by atoms with E-state index in [9.17, 15) is 16.8 Å². The fraction of sp³-hybridized carbons (Fsp3) is 0.222. The maximum Gasteiger partial charge on any atom is 0.250 e. The summed E-state index contributed by atoms with van der Waals surface area (Å²) in [4.78, 5) is 1.85. The lowest BCUT2D eigenvalue weighted by Crippen LogP contribution is -2.23. The van der Waals surface area contributed by atoms with Crippen LogP contribution < -0.4 is 9.44 Å². The Balaban J connectivity index is 1.64. The van der Waals surface area contributed by atoms with Gasteiger partial charge in [0.1, 0.15) is 8.42 Å². The molecule has 0 unspecified atom stereocenters. The number of nitrogens with one attached hydrogen (secondary N) is 2. The van der Waals surface area contributed by atoms with Gasteiger partial charge in [0.15, 0.2) is 0 Å². The minimum absolute atomic E-state index is 0.129. The van der Waals surface area contributed by atoms with Crippen molar-refractivity contribution >= 4 is 42.7 Å². The maximum atomic E-state index is 12.3. The van der Waals surface area contributed by atoms with Crippen LogP contribution in [-0.4, -0.2) is 16.8 Å². The lowest BCUT2D eigenvalue weighted by atomic mass is 10.1. The molecule has 28 heavy (non-hydrogen) atoms. The van der Waals surface area contributed by atoms with E-state index < -0.39 is 20.0 Å². The van der Waals surface area contributed by atoms with E-state index in [1.54, 1.807) is 48.5 Å². The minimum atomic E-state index is -3.56. The minimum Gasteiger partial charge on any atom is -0.206 e. The van der Waals surface area contributed by atoms with Crippen LogP contribution in [0.25, 0.3) is 0 Å². The number of benzene rings is 1. The van der Waals surface area contributed by atoms with E-state index in [4.69, 9.17) is 0 Å². The van der Waals surface area contributed by atoms with E-state index in [2.05, 4.69) is 9.44 Å². The fourth-order valence-electron chi connectivity index (χ4n) is 2.46. The van der Waals surface area contributed by atoms with Crippen LogP contribution in [0.4, 0.5) is 0 Å². The second-order valence-electron chi connectivity index (χ2n) is 6.20. The van der Waals surface area contributed by atoms with Crippen molar-refractivity contribution in [1.29, 1.82) is 0 Å². The third kappa shape index (κ3) is 5.28. The average molecular weight is 457 g/mol. The second-order valence-corrected chi connectivity index (χ2v) is 12.8. The first kappa shape index (κ1) is 21.2. The summed E-state index contributed by atoms with van der Waals surface area (Å²) in [5, 5.41) is 0. The molecule has 0 saturated carbocycles. The van der Waals surface area contributed by atoms with Crippen LogP contribution in [0.1, 0.15) is 20.9 Å². The van der Waals surface area contributed by atoms with Gasteiger partial charge in [0, 0.05) is 22.8 Å². The second kappa shape index (κ2) is 8.44. The standard InChI is InChI=1S/C18H20N2O4S4/c1-13-6-8-17(25-13)27(21,22)19-11-15-4-3-5-16(10-15)12-20-28(23,24)18-9-7-14(2)26-18/h3-10,19-20H,11-12H2,1-2H3. The van der Waals surface area contributed by atoms with Crippen LogP contribution in [0, 0.1) is 13.8 Å². The van der Waals surface area contributed by atoms with Crippen molar-refractivity contribution < 1.29 is 16.8 Å². The molecule has 0 aliphatic rings. The topological polar surface area (TPSA) is 92.3 Å². The van der Waals surface area contributed by atoms with E-state index in [0.717, 1.165) is 20.9 Å². The Labute approximate surface area is 173 Å². The van der Waals surface area contributed by atoms with Crippen molar-refractivity contribution in [3.63, 3.8) is 0 Å². The number of aryl methyl sites for hydroxylation is 2. The van der Waals surface area contributed by atoms with E-state index >= 15 is 0 Å². The summed E-state index contributed by atoms with van der Waals surface area (Å²) in [7, 11) is -7.12. The molecule has 0 aliphatic carbocycles. The molecule has 2 aromatic heterocycles. The average Bonchev–Trinajstić information content (AvgIpc) is 3.28. The lowest BCUT2D eigenvalue weighted by Gasteiger charge is -2.08. The molecule has 2 heterocycles. The summed E-state index contributed by atoms with van der Waals surface area (Å²) < 4.78 is 55.0. The first-order valence-corrected chi connectivity index (χ1v) is 13.0. The number of rotatable bonds is 8. The van der Waals surface area contributed by atoms with Gasteiger partial charge in [-0.25, -0.2) is 26.3 Å². The zero-order valence-corrected chi connectivity index (χ0v) is 18.6. The maximum absolute atomic E-state index is 12.3. The third-order valence-corrected chi connectivity index (χ3v) is 9.67. The Morgan fingerprint density at radius 3 is 1.50 bits per heavy atom. The molecule has 0 amide bonds. The zero-order valence-electron chi connectivity index (χ0n) is 15.3. The Hall–Kier alpha value is -1.56. The molecule has 3 rings (SSSR count). The quantitative estimate of drug-likeness (QED) is 0.543. The molecule has 150 valence electrons. The van der Waals surface area contributed by atoms with Crippen LogP contribution in [0.15, 0.2) is 56.9 Å². The summed E-state index contributed by atoms with van der Waals surface area (Å²) in [6, 6.07) is 13.8. The van der Waals surface area contributed by atoms with Crippen LogP contribution in [-0.2, 0) is 33.1 Å². The Morgan fingerprint density at radius 1 is 0.714 bits per heavy atom. The molecule has 6 nitrogen and oxygen atoms in total. The Kier molecular flexibility index (Phi) is 6.37. The van der Waals surface area contributed by atoms with Crippen molar-refractivity contribution in [3.05, 3.63) is 69.4 Å². The lowest BCUT2D eigenvalue weighted by molar-refractivity contribution is 0.582. The highest BCUT2D eigenvalue weighted by atomic mass is 32.3. The molecule has 0 atom stereocenters. The van der Waals surface area contributed by atoms with E-state index in [-0.39, 0.29) is 21.5 Å². The van der Waals surface area contributed by atoms with Gasteiger partial charge in [-0.1, -0.05) is 24.3 Å². The summed E-state index contributed by atoms with van der Waals surface area (Å²) in [5.41, 5.74) is 1.50. The summed E-state index contributed by atoms with van der Waals surface area (Å²) in [6.07, 6.45) is 0. The van der Waals surface area contributed by atoms with Gasteiger partial charge in [-0.15, -0.1) is 22.7 Å². The molecule has 3 aromatic rings. The fourth-order valence-corrected chi connectivity index (χ4v) is 7.15. The molecule has 10 heteroatoms. The van der Waals surface area contributed by atoms with Crippen LogP contribution in [0.3, 0.4) is 0 Å². The monoisotopic (exact) mass is 456 g/mol. The van der Waals surface area contributed by atoms with Crippen molar-refractivity contribution in [1.82, 2.24) is 9.44 Å². The van der Waals surface area contributed by atoms with Crippen LogP contribution in [0.5, 0.6) is 0 Å². The van der Waals surface area contributed by atoms with Crippen molar-refractivity contribution in [3.8, 4) is 0 Å². The molecule has 0 saturated heterocycles. The molecular formula is C18H20N2O4S4.